The first kappa shape index (κ1) is 13.0. The van der Waals surface area contributed by atoms with Crippen LogP contribution in [0, 0.1) is 12.7 Å². The van der Waals surface area contributed by atoms with Gasteiger partial charge in [0.2, 0.25) is 0 Å². The molecule has 0 radical (unpaired) electrons. The first-order chi connectivity index (χ1) is 8.65. The van der Waals surface area contributed by atoms with Crippen LogP contribution in [0.3, 0.4) is 0 Å². The minimum absolute atomic E-state index is 0.155. The number of aromatic nitrogens is 1. The zero-order chi connectivity index (χ0) is 13.0. The number of rotatable bonds is 4. The molecule has 1 aromatic carbocycles. The number of aryl methyl sites for hydroxylation is 1. The Kier molecular flexibility index (Phi) is 4.28. The Bertz CT molecular complexity index is 526. The molecule has 1 aromatic heterocycles. The number of hydrogen-bond donors (Lipinski definition) is 1. The van der Waals surface area contributed by atoms with Crippen molar-refractivity contribution < 1.29 is 4.39 Å². The zero-order valence-electron chi connectivity index (χ0n) is 10.1. The molecule has 0 fully saturated rings. The van der Waals surface area contributed by atoms with Gasteiger partial charge < -0.3 is 5.32 Å². The van der Waals surface area contributed by atoms with Gasteiger partial charge in [-0.05, 0) is 36.2 Å². The highest BCUT2D eigenvalue weighted by Crippen LogP contribution is 2.15. The van der Waals surface area contributed by atoms with E-state index in [4.69, 9.17) is 11.6 Å². The Morgan fingerprint density at radius 1 is 1.22 bits per heavy atom. The summed E-state index contributed by atoms with van der Waals surface area (Å²) in [6.45, 7) is 3.32. The molecule has 4 heteroatoms. The average molecular weight is 265 g/mol. The predicted octanol–water partition coefficient (Wildman–Crippen LogP) is 3.47. The van der Waals surface area contributed by atoms with Crippen molar-refractivity contribution in [2.24, 2.45) is 0 Å². The van der Waals surface area contributed by atoms with Crippen LogP contribution < -0.4 is 5.32 Å². The van der Waals surface area contributed by atoms with E-state index in [9.17, 15) is 4.39 Å². The monoisotopic (exact) mass is 264 g/mol. The second-order valence-electron chi connectivity index (χ2n) is 4.18. The molecule has 0 aliphatic carbocycles. The number of pyridine rings is 1. The molecule has 0 unspecified atom stereocenters. The molecule has 0 amide bonds. The number of halogens is 2. The summed E-state index contributed by atoms with van der Waals surface area (Å²) in [5, 5.41) is 3.40. The highest BCUT2D eigenvalue weighted by Gasteiger charge is 2.01. The quantitative estimate of drug-likeness (QED) is 0.915. The zero-order valence-corrected chi connectivity index (χ0v) is 10.8. The van der Waals surface area contributed by atoms with Crippen molar-refractivity contribution in [3.8, 4) is 0 Å². The number of nitrogens with zero attached hydrogens (tertiary/aromatic N) is 1. The standard InChI is InChI=1S/C14H14ClFN2/c1-10-2-4-12(18-7-10)9-17-8-11-3-5-14(16)13(15)6-11/h2-7,17H,8-9H2,1H3. The van der Waals surface area contributed by atoms with Crippen molar-refractivity contribution in [1.82, 2.24) is 10.3 Å². The molecule has 0 saturated carbocycles. The molecule has 0 aliphatic rings. The van der Waals surface area contributed by atoms with Gasteiger partial charge >= 0.3 is 0 Å². The predicted molar refractivity (Wildman–Crippen MR) is 70.9 cm³/mol. The van der Waals surface area contributed by atoms with Crippen LogP contribution in [0.15, 0.2) is 36.5 Å². The highest BCUT2D eigenvalue weighted by molar-refractivity contribution is 6.30. The fourth-order valence-electron chi connectivity index (χ4n) is 1.59. The second kappa shape index (κ2) is 5.94. The molecule has 1 N–H and O–H groups in total. The molecule has 0 bridgehead atoms. The van der Waals surface area contributed by atoms with E-state index >= 15 is 0 Å². The van der Waals surface area contributed by atoms with Crippen molar-refractivity contribution in [2.75, 3.05) is 0 Å². The van der Waals surface area contributed by atoms with E-state index in [1.165, 1.54) is 6.07 Å². The van der Waals surface area contributed by atoms with Gasteiger partial charge in [-0.1, -0.05) is 23.7 Å². The molecule has 2 aromatic rings. The van der Waals surface area contributed by atoms with Gasteiger partial charge in [-0.15, -0.1) is 0 Å². The fourth-order valence-corrected chi connectivity index (χ4v) is 1.79. The van der Waals surface area contributed by atoms with Crippen LogP contribution in [0.5, 0.6) is 0 Å². The summed E-state index contributed by atoms with van der Waals surface area (Å²) in [5.41, 5.74) is 3.08. The first-order valence-corrected chi connectivity index (χ1v) is 6.09. The van der Waals surface area contributed by atoms with Crippen LogP contribution in [0.4, 0.5) is 4.39 Å². The summed E-state index contributed by atoms with van der Waals surface area (Å²) in [6.07, 6.45) is 1.84. The molecule has 18 heavy (non-hydrogen) atoms. The van der Waals surface area contributed by atoms with Gasteiger partial charge in [-0.3, -0.25) is 4.98 Å². The largest absolute Gasteiger partial charge is 0.307 e. The summed E-state index contributed by atoms with van der Waals surface area (Å²) < 4.78 is 13.0. The minimum Gasteiger partial charge on any atom is -0.307 e. The Labute approximate surface area is 111 Å². The van der Waals surface area contributed by atoms with E-state index in [2.05, 4.69) is 10.3 Å². The maximum atomic E-state index is 13.0. The van der Waals surface area contributed by atoms with Crippen LogP contribution in [0.2, 0.25) is 5.02 Å². The van der Waals surface area contributed by atoms with Gasteiger partial charge in [0, 0.05) is 19.3 Å². The smallest absolute Gasteiger partial charge is 0.141 e. The van der Waals surface area contributed by atoms with Gasteiger partial charge in [0.25, 0.3) is 0 Å². The van der Waals surface area contributed by atoms with E-state index in [0.717, 1.165) is 16.8 Å². The lowest BCUT2D eigenvalue weighted by molar-refractivity contribution is 0.625. The van der Waals surface area contributed by atoms with Crippen LogP contribution in [0.25, 0.3) is 0 Å². The van der Waals surface area contributed by atoms with E-state index in [1.54, 1.807) is 12.1 Å². The molecule has 0 atom stereocenters. The molecule has 0 aliphatic heterocycles. The molecule has 94 valence electrons. The summed E-state index contributed by atoms with van der Waals surface area (Å²) in [6, 6.07) is 8.74. The topological polar surface area (TPSA) is 24.9 Å². The van der Waals surface area contributed by atoms with Crippen LogP contribution in [-0.4, -0.2) is 4.98 Å². The van der Waals surface area contributed by atoms with Gasteiger partial charge in [0.15, 0.2) is 0 Å². The molecule has 0 saturated heterocycles. The second-order valence-corrected chi connectivity index (χ2v) is 4.59. The third-order valence-corrected chi connectivity index (χ3v) is 2.88. The van der Waals surface area contributed by atoms with Gasteiger partial charge in [-0.25, -0.2) is 4.39 Å². The molecule has 0 spiro atoms. The summed E-state index contributed by atoms with van der Waals surface area (Å²) in [5.74, 6) is -0.388. The number of hydrogen-bond acceptors (Lipinski definition) is 2. The minimum atomic E-state index is -0.388. The maximum Gasteiger partial charge on any atom is 0.141 e. The Balaban J connectivity index is 1.88. The Hall–Kier alpha value is -1.45. The van der Waals surface area contributed by atoms with Crippen molar-refractivity contribution in [1.29, 1.82) is 0 Å². The van der Waals surface area contributed by atoms with Crippen LogP contribution in [0.1, 0.15) is 16.8 Å². The normalized spacial score (nSPS) is 10.6. The third-order valence-electron chi connectivity index (χ3n) is 2.59. The molecule has 2 nitrogen and oxygen atoms in total. The fraction of sp³-hybridized carbons (Fsp3) is 0.214. The lowest BCUT2D eigenvalue weighted by atomic mass is 10.2. The van der Waals surface area contributed by atoms with Crippen molar-refractivity contribution in [3.63, 3.8) is 0 Å². The van der Waals surface area contributed by atoms with Crippen molar-refractivity contribution >= 4 is 11.6 Å². The molecular weight excluding hydrogens is 251 g/mol. The van der Waals surface area contributed by atoms with E-state index in [-0.39, 0.29) is 10.8 Å². The van der Waals surface area contributed by atoms with Crippen molar-refractivity contribution in [2.45, 2.75) is 20.0 Å². The summed E-state index contributed by atoms with van der Waals surface area (Å²) in [4.78, 5) is 4.29. The number of benzene rings is 1. The third kappa shape index (κ3) is 3.52. The van der Waals surface area contributed by atoms with E-state index in [0.29, 0.717) is 13.1 Å². The summed E-state index contributed by atoms with van der Waals surface area (Å²) >= 11 is 5.71. The lowest BCUT2D eigenvalue weighted by Crippen LogP contribution is -2.13. The molecule has 1 heterocycles. The number of nitrogens with one attached hydrogen (secondary N) is 1. The summed E-state index contributed by atoms with van der Waals surface area (Å²) in [7, 11) is 0. The average Bonchev–Trinajstić information content (AvgIpc) is 2.36. The first-order valence-electron chi connectivity index (χ1n) is 5.71. The van der Waals surface area contributed by atoms with Gasteiger partial charge in [-0.2, -0.15) is 0 Å². The van der Waals surface area contributed by atoms with Gasteiger partial charge in [0.05, 0.1) is 10.7 Å². The van der Waals surface area contributed by atoms with Crippen LogP contribution in [-0.2, 0) is 13.1 Å². The van der Waals surface area contributed by atoms with Gasteiger partial charge in [0.1, 0.15) is 5.82 Å². The van der Waals surface area contributed by atoms with Crippen molar-refractivity contribution in [3.05, 3.63) is 64.2 Å². The molecular formula is C14H14ClFN2. The van der Waals surface area contributed by atoms with E-state index in [1.807, 2.05) is 25.3 Å². The SMILES string of the molecule is Cc1ccc(CNCc2ccc(F)c(Cl)c2)nc1. The lowest BCUT2D eigenvalue weighted by Gasteiger charge is -2.05. The van der Waals surface area contributed by atoms with Crippen LogP contribution >= 0.6 is 11.6 Å². The van der Waals surface area contributed by atoms with E-state index < -0.39 is 0 Å². The Morgan fingerprint density at radius 2 is 2.06 bits per heavy atom. The Morgan fingerprint density at radius 3 is 2.72 bits per heavy atom. The highest BCUT2D eigenvalue weighted by atomic mass is 35.5. The maximum absolute atomic E-state index is 13.0. The molecule has 2 rings (SSSR count).